The van der Waals surface area contributed by atoms with Gasteiger partial charge in [-0.25, -0.2) is 13.1 Å². The van der Waals surface area contributed by atoms with E-state index in [9.17, 15) is 13.2 Å². The summed E-state index contributed by atoms with van der Waals surface area (Å²) in [5.74, 6) is 0.734. The van der Waals surface area contributed by atoms with Gasteiger partial charge >= 0.3 is 0 Å². The number of nitrogens with zero attached hydrogens (tertiary/aromatic N) is 1. The molecule has 0 atom stereocenters. The van der Waals surface area contributed by atoms with Crippen LogP contribution in [0.1, 0.15) is 28.9 Å². The third kappa shape index (κ3) is 4.22. The van der Waals surface area contributed by atoms with Crippen LogP contribution >= 0.6 is 0 Å². The number of hydrogen-bond donors (Lipinski definition) is 2. The van der Waals surface area contributed by atoms with E-state index in [1.807, 2.05) is 44.2 Å². The molecule has 1 aliphatic rings. The number of carbonyl (C=O) groups is 1. The van der Waals surface area contributed by atoms with Crippen molar-refractivity contribution in [1.82, 2.24) is 9.29 Å². The monoisotopic (exact) mass is 439 g/mol. The maximum absolute atomic E-state index is 12.9. The Labute approximate surface area is 182 Å². The van der Waals surface area contributed by atoms with Gasteiger partial charge in [-0.1, -0.05) is 0 Å². The highest BCUT2D eigenvalue weighted by Crippen LogP contribution is 2.26. The maximum Gasteiger partial charge on any atom is 0.240 e. The van der Waals surface area contributed by atoms with E-state index in [1.165, 1.54) is 6.07 Å². The second kappa shape index (κ2) is 8.20. The van der Waals surface area contributed by atoms with Crippen molar-refractivity contribution in [3.8, 4) is 11.4 Å². The Morgan fingerprint density at radius 2 is 1.81 bits per heavy atom. The normalized spacial score (nSPS) is 13.6. The number of aromatic nitrogens is 1. The number of fused-ring (bicyclic) bond motifs is 1. The summed E-state index contributed by atoms with van der Waals surface area (Å²) >= 11 is 0. The highest BCUT2D eigenvalue weighted by molar-refractivity contribution is 7.89. The van der Waals surface area contributed by atoms with Gasteiger partial charge in [0.2, 0.25) is 15.9 Å². The molecule has 1 aromatic heterocycles. The zero-order chi connectivity index (χ0) is 22.2. The lowest BCUT2D eigenvalue weighted by Crippen LogP contribution is -2.24. The Morgan fingerprint density at radius 1 is 1.06 bits per heavy atom. The first-order valence-electron chi connectivity index (χ1n) is 10.0. The number of sulfonamides is 1. The standard InChI is InChI=1S/C23H25N3O4S/c1-15-12-18(16(2)26(15)19-5-7-20(30-3)8-6-19)14-24-31(28,29)21-9-10-22-17(13-21)4-11-23(27)25-22/h5-10,12-13,24H,4,11,14H2,1-3H3,(H,25,27). The molecule has 0 aliphatic carbocycles. The predicted molar refractivity (Wildman–Crippen MR) is 119 cm³/mol. The number of methoxy groups -OCH3 is 1. The number of aryl methyl sites for hydroxylation is 2. The fourth-order valence-corrected chi connectivity index (χ4v) is 4.98. The van der Waals surface area contributed by atoms with Gasteiger partial charge in [0.05, 0.1) is 12.0 Å². The third-order valence-corrected chi connectivity index (χ3v) is 7.00. The van der Waals surface area contributed by atoms with Crippen LogP contribution in [0, 0.1) is 13.8 Å². The molecule has 1 amide bonds. The summed E-state index contributed by atoms with van der Waals surface area (Å²) in [7, 11) is -2.06. The van der Waals surface area contributed by atoms with Crippen molar-refractivity contribution in [1.29, 1.82) is 0 Å². The first-order chi connectivity index (χ1) is 14.8. The van der Waals surface area contributed by atoms with Crippen molar-refractivity contribution in [3.05, 3.63) is 71.0 Å². The Bertz CT molecular complexity index is 1240. The number of rotatable bonds is 6. The summed E-state index contributed by atoms with van der Waals surface area (Å²) in [6, 6.07) is 14.5. The number of amides is 1. The molecule has 0 bridgehead atoms. The average molecular weight is 440 g/mol. The Balaban J connectivity index is 1.54. The summed E-state index contributed by atoms with van der Waals surface area (Å²) in [6.07, 6.45) is 0.898. The fraction of sp³-hybridized carbons (Fsp3) is 0.261. The smallest absolute Gasteiger partial charge is 0.240 e. The molecule has 0 spiro atoms. The average Bonchev–Trinajstić information content (AvgIpc) is 3.05. The van der Waals surface area contributed by atoms with Crippen LogP contribution in [0.3, 0.4) is 0 Å². The van der Waals surface area contributed by atoms with Crippen LogP contribution < -0.4 is 14.8 Å². The molecule has 0 saturated carbocycles. The molecule has 2 aromatic carbocycles. The highest BCUT2D eigenvalue weighted by Gasteiger charge is 2.21. The van der Waals surface area contributed by atoms with E-state index in [0.717, 1.165) is 34.0 Å². The number of hydrogen-bond acceptors (Lipinski definition) is 4. The van der Waals surface area contributed by atoms with Gasteiger partial charge in [-0.15, -0.1) is 0 Å². The minimum atomic E-state index is -3.69. The Morgan fingerprint density at radius 3 is 2.52 bits per heavy atom. The molecular formula is C23H25N3O4S. The maximum atomic E-state index is 12.9. The van der Waals surface area contributed by atoms with Gasteiger partial charge in [0.25, 0.3) is 0 Å². The summed E-state index contributed by atoms with van der Waals surface area (Å²) in [4.78, 5) is 11.7. The quantitative estimate of drug-likeness (QED) is 0.616. The summed E-state index contributed by atoms with van der Waals surface area (Å²) < 4.78 is 35.8. The van der Waals surface area contributed by atoms with E-state index in [4.69, 9.17) is 4.74 Å². The highest BCUT2D eigenvalue weighted by atomic mass is 32.2. The molecular weight excluding hydrogens is 414 g/mol. The lowest BCUT2D eigenvalue weighted by molar-refractivity contribution is -0.116. The van der Waals surface area contributed by atoms with E-state index < -0.39 is 10.0 Å². The van der Waals surface area contributed by atoms with Crippen LogP contribution in [0.5, 0.6) is 5.75 Å². The topological polar surface area (TPSA) is 89.4 Å². The summed E-state index contributed by atoms with van der Waals surface area (Å²) in [5.41, 5.74) is 5.39. The van der Waals surface area contributed by atoms with E-state index in [2.05, 4.69) is 14.6 Å². The molecule has 162 valence electrons. The molecule has 0 radical (unpaired) electrons. The Kier molecular flexibility index (Phi) is 5.60. The number of ether oxygens (including phenoxy) is 1. The predicted octanol–water partition coefficient (Wildman–Crippen LogP) is 3.47. The van der Waals surface area contributed by atoms with Crippen LogP contribution in [0.2, 0.25) is 0 Å². The molecule has 8 heteroatoms. The first kappa shape index (κ1) is 21.1. The first-order valence-corrected chi connectivity index (χ1v) is 11.5. The van der Waals surface area contributed by atoms with Gasteiger partial charge in [-0.3, -0.25) is 4.79 Å². The van der Waals surface area contributed by atoms with Gasteiger partial charge in [-0.2, -0.15) is 0 Å². The van der Waals surface area contributed by atoms with Crippen molar-refractivity contribution < 1.29 is 17.9 Å². The van der Waals surface area contributed by atoms with Crippen molar-refractivity contribution in [2.75, 3.05) is 12.4 Å². The van der Waals surface area contributed by atoms with E-state index in [1.54, 1.807) is 19.2 Å². The minimum Gasteiger partial charge on any atom is -0.497 e. The van der Waals surface area contributed by atoms with Crippen molar-refractivity contribution in [2.24, 2.45) is 0 Å². The largest absolute Gasteiger partial charge is 0.497 e. The number of anilines is 1. The summed E-state index contributed by atoms with van der Waals surface area (Å²) in [5, 5.41) is 2.77. The van der Waals surface area contributed by atoms with Crippen LogP contribution in [-0.2, 0) is 27.8 Å². The van der Waals surface area contributed by atoms with E-state index in [0.29, 0.717) is 18.5 Å². The van der Waals surface area contributed by atoms with Crippen LogP contribution in [0.15, 0.2) is 53.4 Å². The number of nitrogens with one attached hydrogen (secondary N) is 2. The SMILES string of the molecule is COc1ccc(-n2c(C)cc(CNS(=O)(=O)c3ccc4c(c3)CCC(=O)N4)c2C)cc1. The van der Waals surface area contributed by atoms with Crippen molar-refractivity contribution in [3.63, 3.8) is 0 Å². The second-order valence-corrected chi connectivity index (χ2v) is 9.39. The molecule has 31 heavy (non-hydrogen) atoms. The molecule has 3 aromatic rings. The lowest BCUT2D eigenvalue weighted by Gasteiger charge is -2.17. The van der Waals surface area contributed by atoms with E-state index >= 15 is 0 Å². The van der Waals surface area contributed by atoms with Gasteiger partial charge in [0.1, 0.15) is 5.75 Å². The molecule has 0 unspecified atom stereocenters. The van der Waals surface area contributed by atoms with Crippen LogP contribution in [0.25, 0.3) is 5.69 Å². The van der Waals surface area contributed by atoms with Crippen LogP contribution in [-0.4, -0.2) is 26.0 Å². The fourth-order valence-electron chi connectivity index (χ4n) is 3.92. The Hall–Kier alpha value is -3.10. The third-order valence-electron chi connectivity index (χ3n) is 5.60. The molecule has 1 aliphatic heterocycles. The second-order valence-electron chi connectivity index (χ2n) is 7.62. The zero-order valence-electron chi connectivity index (χ0n) is 17.7. The molecule has 2 heterocycles. The van der Waals surface area contributed by atoms with Crippen molar-refractivity contribution >= 4 is 21.6 Å². The zero-order valence-corrected chi connectivity index (χ0v) is 18.5. The molecule has 0 saturated heterocycles. The van der Waals surface area contributed by atoms with Crippen LogP contribution in [0.4, 0.5) is 5.69 Å². The van der Waals surface area contributed by atoms with Gasteiger partial charge in [-0.05, 0) is 79.9 Å². The number of benzene rings is 2. The van der Waals surface area contributed by atoms with Gasteiger partial charge < -0.3 is 14.6 Å². The molecule has 4 rings (SSSR count). The molecule has 2 N–H and O–H groups in total. The molecule has 7 nitrogen and oxygen atoms in total. The van der Waals surface area contributed by atoms with Gasteiger partial charge in [0, 0.05) is 35.7 Å². The van der Waals surface area contributed by atoms with Crippen molar-refractivity contribution in [2.45, 2.75) is 38.1 Å². The van der Waals surface area contributed by atoms with Gasteiger partial charge in [0.15, 0.2) is 0 Å². The number of carbonyl (C=O) groups excluding carboxylic acids is 1. The van der Waals surface area contributed by atoms with E-state index in [-0.39, 0.29) is 17.3 Å². The molecule has 0 fully saturated rings. The minimum absolute atomic E-state index is 0.0477. The lowest BCUT2D eigenvalue weighted by atomic mass is 10.0. The summed E-state index contributed by atoms with van der Waals surface area (Å²) in [6.45, 7) is 4.15.